The summed E-state index contributed by atoms with van der Waals surface area (Å²) in [5.41, 5.74) is 1.57. The van der Waals surface area contributed by atoms with E-state index < -0.39 is 29.9 Å². The molecular weight excluding hydrogens is 499 g/mol. The van der Waals surface area contributed by atoms with Gasteiger partial charge in [0, 0.05) is 48.5 Å². The van der Waals surface area contributed by atoms with Crippen molar-refractivity contribution >= 4 is 29.1 Å². The number of ether oxygens (including phenoxy) is 2. The maximum atomic E-state index is 14.0. The second kappa shape index (κ2) is 11.9. The van der Waals surface area contributed by atoms with Gasteiger partial charge in [-0.1, -0.05) is 12.0 Å². The topological polar surface area (TPSA) is 113 Å². The fraction of sp³-hybridized carbons (Fsp3) is 0.308. The molecule has 0 bridgehead atoms. The maximum absolute atomic E-state index is 14.0. The number of nitrogens with zero attached hydrogens (tertiary/aromatic N) is 3. The van der Waals surface area contributed by atoms with E-state index in [2.05, 4.69) is 16.2 Å². The Hall–Kier alpha value is -3.85. The van der Waals surface area contributed by atoms with Gasteiger partial charge >= 0.3 is 11.9 Å². The van der Waals surface area contributed by atoms with E-state index in [1.54, 1.807) is 13.1 Å². The minimum atomic E-state index is -1.06. The number of hydrogen-bond donors (Lipinski definition) is 2. The number of rotatable bonds is 8. The molecule has 2 aromatic rings. The smallest absolute Gasteiger partial charge is 0.338 e. The molecule has 9 nitrogen and oxygen atoms in total. The summed E-state index contributed by atoms with van der Waals surface area (Å²) in [6.45, 7) is 3.50. The van der Waals surface area contributed by atoms with Crippen molar-refractivity contribution in [3.8, 4) is 12.3 Å². The SMILES string of the molecule is C#Cc1cc(F)ccc1[C@@H]1N=C(c2nccs2)NC(CN2CCO[C@H](/C=C/C(=O)O)C2)=C1C(=O)OCC. The molecule has 37 heavy (non-hydrogen) atoms. The number of benzene rings is 1. The molecule has 192 valence electrons. The lowest BCUT2D eigenvalue weighted by atomic mass is 9.92. The zero-order valence-electron chi connectivity index (χ0n) is 20.0. The number of aliphatic carboxylic acids is 1. The normalized spacial score (nSPS) is 20.3. The standard InChI is InChI=1S/C26H25FN4O5S/c1-3-16-13-17(27)5-7-19(16)23-22(26(34)35-4-2)20(29-24(30-23)25-28-9-12-37-25)15-31-10-11-36-18(14-31)6-8-21(32)33/h1,5-9,12-13,18,23H,4,10-11,14-15H2,2H3,(H,29,30)(H,32,33)/b8-6+/t18-,23+/m1/s1. The first-order valence-corrected chi connectivity index (χ1v) is 12.4. The summed E-state index contributed by atoms with van der Waals surface area (Å²) in [5, 5.41) is 14.6. The first-order chi connectivity index (χ1) is 17.9. The predicted octanol–water partition coefficient (Wildman–Crippen LogP) is 2.51. The highest BCUT2D eigenvalue weighted by Crippen LogP contribution is 2.35. The third kappa shape index (κ3) is 6.29. The van der Waals surface area contributed by atoms with Crippen LogP contribution < -0.4 is 5.32 Å². The van der Waals surface area contributed by atoms with E-state index >= 15 is 0 Å². The Morgan fingerprint density at radius 1 is 1.46 bits per heavy atom. The number of amidine groups is 1. The van der Waals surface area contributed by atoms with Crippen LogP contribution >= 0.6 is 11.3 Å². The van der Waals surface area contributed by atoms with Crippen molar-refractivity contribution in [1.29, 1.82) is 0 Å². The van der Waals surface area contributed by atoms with Crippen LogP contribution in [-0.2, 0) is 19.1 Å². The van der Waals surface area contributed by atoms with Gasteiger partial charge in [-0.15, -0.1) is 17.8 Å². The van der Waals surface area contributed by atoms with Gasteiger partial charge in [0.25, 0.3) is 0 Å². The lowest BCUT2D eigenvalue weighted by Crippen LogP contribution is -2.46. The van der Waals surface area contributed by atoms with Crippen molar-refractivity contribution in [2.24, 2.45) is 4.99 Å². The molecule has 1 fully saturated rings. The maximum Gasteiger partial charge on any atom is 0.338 e. The number of aliphatic imine (C=N–C) groups is 1. The van der Waals surface area contributed by atoms with Gasteiger partial charge in [0.15, 0.2) is 10.8 Å². The highest BCUT2D eigenvalue weighted by Gasteiger charge is 2.35. The zero-order valence-corrected chi connectivity index (χ0v) is 20.8. The molecule has 2 aliphatic heterocycles. The molecule has 1 aromatic heterocycles. The van der Waals surface area contributed by atoms with Crippen molar-refractivity contribution < 1.29 is 28.6 Å². The van der Waals surface area contributed by atoms with Gasteiger partial charge in [-0.25, -0.2) is 19.0 Å². The molecule has 1 saturated heterocycles. The first kappa shape index (κ1) is 26.2. The van der Waals surface area contributed by atoms with Crippen molar-refractivity contribution in [2.75, 3.05) is 32.8 Å². The average Bonchev–Trinajstić information content (AvgIpc) is 3.42. The molecule has 0 saturated carbocycles. The summed E-state index contributed by atoms with van der Waals surface area (Å²) in [5.74, 6) is 0.828. The second-order valence-corrected chi connectivity index (χ2v) is 9.07. The van der Waals surface area contributed by atoms with Crippen LogP contribution in [0.25, 0.3) is 0 Å². The predicted molar refractivity (Wildman–Crippen MR) is 135 cm³/mol. The van der Waals surface area contributed by atoms with E-state index in [4.69, 9.17) is 26.0 Å². The van der Waals surface area contributed by atoms with Crippen molar-refractivity contribution in [1.82, 2.24) is 15.2 Å². The fourth-order valence-electron chi connectivity index (χ4n) is 4.14. The molecular formula is C26H25FN4O5S. The molecule has 0 aliphatic carbocycles. The van der Waals surface area contributed by atoms with Gasteiger partial charge in [0.05, 0.1) is 24.9 Å². The molecule has 4 rings (SSSR count). The van der Waals surface area contributed by atoms with Gasteiger partial charge in [-0.2, -0.15) is 0 Å². The van der Waals surface area contributed by atoms with Gasteiger partial charge < -0.3 is 19.9 Å². The molecule has 2 aliphatic rings. The molecule has 2 N–H and O–H groups in total. The Morgan fingerprint density at radius 3 is 3.00 bits per heavy atom. The minimum Gasteiger partial charge on any atom is -0.478 e. The van der Waals surface area contributed by atoms with Crippen LogP contribution in [0.15, 0.2) is 58.2 Å². The summed E-state index contributed by atoms with van der Waals surface area (Å²) < 4.78 is 25.1. The van der Waals surface area contributed by atoms with E-state index in [-0.39, 0.29) is 17.7 Å². The molecule has 3 heterocycles. The number of hydrogen-bond acceptors (Lipinski definition) is 9. The summed E-state index contributed by atoms with van der Waals surface area (Å²) in [4.78, 5) is 35.4. The lowest BCUT2D eigenvalue weighted by Gasteiger charge is -2.34. The quantitative estimate of drug-likeness (QED) is 0.308. The van der Waals surface area contributed by atoms with E-state index in [0.717, 1.165) is 6.08 Å². The van der Waals surface area contributed by atoms with Crippen LogP contribution in [0.4, 0.5) is 4.39 Å². The third-order valence-electron chi connectivity index (χ3n) is 5.73. The molecule has 11 heteroatoms. The van der Waals surface area contributed by atoms with Crippen molar-refractivity contribution in [2.45, 2.75) is 19.1 Å². The average molecular weight is 525 g/mol. The van der Waals surface area contributed by atoms with Crippen molar-refractivity contribution in [3.63, 3.8) is 0 Å². The monoisotopic (exact) mass is 524 g/mol. The van der Waals surface area contributed by atoms with Gasteiger partial charge in [-0.05, 0) is 30.7 Å². The summed E-state index contributed by atoms with van der Waals surface area (Å²) in [7, 11) is 0. The Bertz CT molecular complexity index is 1300. The molecule has 0 spiro atoms. The number of morpholine rings is 1. The van der Waals surface area contributed by atoms with Gasteiger partial charge in [-0.3, -0.25) is 9.89 Å². The van der Waals surface area contributed by atoms with Crippen molar-refractivity contribution in [3.05, 3.63) is 75.1 Å². The van der Waals surface area contributed by atoms with Crippen LogP contribution in [0.3, 0.4) is 0 Å². The van der Waals surface area contributed by atoms with Crippen LogP contribution in [0.1, 0.15) is 29.1 Å². The Kier molecular flexibility index (Phi) is 8.45. The number of thiazole rings is 1. The summed E-state index contributed by atoms with van der Waals surface area (Å²) >= 11 is 1.37. The first-order valence-electron chi connectivity index (χ1n) is 11.6. The summed E-state index contributed by atoms with van der Waals surface area (Å²) in [6.07, 6.45) is 9.46. The van der Waals surface area contributed by atoms with E-state index in [1.165, 1.54) is 35.6 Å². The molecule has 0 radical (unpaired) electrons. The Labute approximate surface area is 217 Å². The van der Waals surface area contributed by atoms with Crippen LogP contribution in [0.2, 0.25) is 0 Å². The van der Waals surface area contributed by atoms with Gasteiger partial charge in [0.2, 0.25) is 0 Å². The number of halogens is 1. The fourth-order valence-corrected chi connectivity index (χ4v) is 4.73. The number of carboxylic acids is 1. The summed E-state index contributed by atoms with van der Waals surface area (Å²) in [6, 6.07) is 3.19. The lowest BCUT2D eigenvalue weighted by molar-refractivity contribution is -0.139. The highest BCUT2D eigenvalue weighted by molar-refractivity contribution is 7.11. The third-order valence-corrected chi connectivity index (χ3v) is 6.51. The second-order valence-electron chi connectivity index (χ2n) is 8.17. The molecule has 2 atom stereocenters. The number of carbonyl (C=O) groups is 2. The molecule has 1 aromatic carbocycles. The number of carbonyl (C=O) groups excluding carboxylic acids is 1. The highest BCUT2D eigenvalue weighted by atomic mass is 32.1. The minimum absolute atomic E-state index is 0.149. The number of esters is 1. The Morgan fingerprint density at radius 2 is 2.30 bits per heavy atom. The number of carboxylic acid groups (broad SMARTS) is 1. The Balaban J connectivity index is 1.77. The zero-order chi connectivity index (χ0) is 26.4. The van der Waals surface area contributed by atoms with Gasteiger partial charge in [0.1, 0.15) is 11.9 Å². The molecule has 0 amide bonds. The van der Waals surface area contributed by atoms with Crippen LogP contribution in [0, 0.1) is 18.2 Å². The largest absolute Gasteiger partial charge is 0.478 e. The van der Waals surface area contributed by atoms with Crippen LogP contribution in [0.5, 0.6) is 0 Å². The van der Waals surface area contributed by atoms with E-state index in [9.17, 15) is 14.0 Å². The van der Waals surface area contributed by atoms with Crippen LogP contribution in [-0.4, -0.2) is 71.7 Å². The van der Waals surface area contributed by atoms with E-state index in [1.807, 2.05) is 10.3 Å². The van der Waals surface area contributed by atoms with E-state index in [0.29, 0.717) is 48.3 Å². The number of nitrogens with one attached hydrogen (secondary N) is 1. The molecule has 0 unspecified atom stereocenters. The number of terminal acetylenes is 1. The number of aromatic nitrogens is 1.